The van der Waals surface area contributed by atoms with Gasteiger partial charge in [-0.2, -0.15) is 9.30 Å². The minimum Gasteiger partial charge on any atom is -0.319 e. The SMILES string of the molecule is CC(C)c1ccc2c(c1)sc(=NC(=O)c1ccc(S(=O)(=O)N(C)C(C)C)cc1)n2C. The third-order valence-corrected chi connectivity index (χ3v) is 8.35. The summed E-state index contributed by atoms with van der Waals surface area (Å²) in [6.07, 6.45) is 0. The average molecular weight is 446 g/mol. The molecule has 0 saturated carbocycles. The van der Waals surface area contributed by atoms with Crippen molar-refractivity contribution in [1.82, 2.24) is 8.87 Å². The Hall–Kier alpha value is -2.29. The zero-order valence-corrected chi connectivity index (χ0v) is 19.7. The first-order chi connectivity index (χ1) is 14.0. The average Bonchev–Trinajstić information content (AvgIpc) is 3.02. The second kappa shape index (κ2) is 8.45. The topological polar surface area (TPSA) is 71.7 Å². The number of benzene rings is 2. The molecule has 0 atom stereocenters. The van der Waals surface area contributed by atoms with Crippen molar-refractivity contribution in [3.05, 3.63) is 58.4 Å². The lowest BCUT2D eigenvalue weighted by Gasteiger charge is -2.20. The fourth-order valence-electron chi connectivity index (χ4n) is 2.98. The minimum absolute atomic E-state index is 0.156. The summed E-state index contributed by atoms with van der Waals surface area (Å²) in [7, 11) is -0.157. The van der Waals surface area contributed by atoms with Crippen molar-refractivity contribution in [2.75, 3.05) is 7.05 Å². The Morgan fingerprint density at radius 3 is 2.27 bits per heavy atom. The summed E-state index contributed by atoms with van der Waals surface area (Å²) >= 11 is 1.47. The number of nitrogens with zero attached hydrogens (tertiary/aromatic N) is 3. The zero-order valence-electron chi connectivity index (χ0n) is 18.1. The van der Waals surface area contributed by atoms with Crippen LogP contribution < -0.4 is 4.80 Å². The largest absolute Gasteiger partial charge is 0.319 e. The number of carbonyl (C=O) groups is 1. The van der Waals surface area contributed by atoms with Gasteiger partial charge in [0.25, 0.3) is 5.91 Å². The van der Waals surface area contributed by atoms with Crippen LogP contribution in [0.1, 0.15) is 49.5 Å². The lowest BCUT2D eigenvalue weighted by Crippen LogP contribution is -2.33. The van der Waals surface area contributed by atoms with Crippen molar-refractivity contribution in [3.63, 3.8) is 0 Å². The molecule has 1 heterocycles. The highest BCUT2D eigenvalue weighted by Crippen LogP contribution is 2.23. The smallest absolute Gasteiger partial charge is 0.279 e. The van der Waals surface area contributed by atoms with Crippen molar-refractivity contribution in [2.24, 2.45) is 12.0 Å². The summed E-state index contributed by atoms with van der Waals surface area (Å²) in [4.78, 5) is 17.7. The van der Waals surface area contributed by atoms with E-state index >= 15 is 0 Å². The highest BCUT2D eigenvalue weighted by molar-refractivity contribution is 7.89. The monoisotopic (exact) mass is 445 g/mol. The van der Waals surface area contributed by atoms with Gasteiger partial charge in [-0.15, -0.1) is 0 Å². The summed E-state index contributed by atoms with van der Waals surface area (Å²) in [6, 6.07) is 12.1. The third kappa shape index (κ3) is 4.26. The summed E-state index contributed by atoms with van der Waals surface area (Å²) in [5.41, 5.74) is 2.61. The summed E-state index contributed by atoms with van der Waals surface area (Å²) in [5.74, 6) is 0.0239. The molecule has 3 aromatic rings. The van der Waals surface area contributed by atoms with E-state index in [1.165, 1.54) is 45.5 Å². The van der Waals surface area contributed by atoms with Crippen LogP contribution in [0, 0.1) is 0 Å². The van der Waals surface area contributed by atoms with Gasteiger partial charge in [-0.1, -0.05) is 31.3 Å². The van der Waals surface area contributed by atoms with Crippen LogP contribution in [0.4, 0.5) is 0 Å². The molecule has 3 rings (SSSR count). The van der Waals surface area contributed by atoms with Gasteiger partial charge in [-0.3, -0.25) is 4.79 Å². The lowest BCUT2D eigenvalue weighted by molar-refractivity contribution is 0.0998. The molecular weight excluding hydrogens is 418 g/mol. The van der Waals surface area contributed by atoms with Crippen molar-refractivity contribution < 1.29 is 13.2 Å². The number of carbonyl (C=O) groups excluding carboxylic acids is 1. The van der Waals surface area contributed by atoms with Gasteiger partial charge in [0.15, 0.2) is 4.80 Å². The first-order valence-corrected chi connectivity index (χ1v) is 12.0. The number of hydrogen-bond acceptors (Lipinski definition) is 4. The fraction of sp³-hybridized carbons (Fsp3) is 0.364. The molecule has 0 fully saturated rings. The van der Waals surface area contributed by atoms with E-state index in [-0.39, 0.29) is 10.9 Å². The first kappa shape index (κ1) is 22.4. The van der Waals surface area contributed by atoms with Crippen molar-refractivity contribution in [3.8, 4) is 0 Å². The normalized spacial score (nSPS) is 13.2. The summed E-state index contributed by atoms with van der Waals surface area (Å²) in [6.45, 7) is 7.91. The Kier molecular flexibility index (Phi) is 6.31. The van der Waals surface area contributed by atoms with Gasteiger partial charge >= 0.3 is 0 Å². The molecule has 8 heteroatoms. The Bertz CT molecular complexity index is 1250. The van der Waals surface area contributed by atoms with Crippen molar-refractivity contribution in [1.29, 1.82) is 0 Å². The van der Waals surface area contributed by atoms with E-state index in [1.807, 2.05) is 25.5 Å². The Balaban J connectivity index is 1.94. The predicted molar refractivity (Wildman–Crippen MR) is 121 cm³/mol. The number of fused-ring (bicyclic) bond motifs is 1. The molecule has 0 radical (unpaired) electrons. The maximum atomic E-state index is 12.7. The summed E-state index contributed by atoms with van der Waals surface area (Å²) < 4.78 is 29.4. The molecule has 1 aromatic heterocycles. The van der Waals surface area contributed by atoms with E-state index in [9.17, 15) is 13.2 Å². The van der Waals surface area contributed by atoms with Gasteiger partial charge in [-0.05, 0) is 61.7 Å². The fourth-order valence-corrected chi connectivity index (χ4v) is 5.41. The van der Waals surface area contributed by atoms with Crippen LogP contribution in [0.5, 0.6) is 0 Å². The van der Waals surface area contributed by atoms with E-state index < -0.39 is 15.9 Å². The highest BCUT2D eigenvalue weighted by atomic mass is 32.2. The van der Waals surface area contributed by atoms with Crippen molar-refractivity contribution >= 4 is 37.5 Å². The van der Waals surface area contributed by atoms with Crippen LogP contribution in [-0.4, -0.2) is 36.3 Å². The maximum absolute atomic E-state index is 12.7. The van der Waals surface area contributed by atoms with Crippen LogP contribution in [0.3, 0.4) is 0 Å². The van der Waals surface area contributed by atoms with Gasteiger partial charge < -0.3 is 4.57 Å². The Morgan fingerprint density at radius 2 is 1.70 bits per heavy atom. The summed E-state index contributed by atoms with van der Waals surface area (Å²) in [5, 5.41) is 0. The van der Waals surface area contributed by atoms with Crippen LogP contribution in [0.15, 0.2) is 52.4 Å². The number of rotatable bonds is 5. The van der Waals surface area contributed by atoms with Gasteiger partial charge in [0.05, 0.1) is 15.1 Å². The number of thiazole rings is 1. The van der Waals surface area contributed by atoms with E-state index in [2.05, 4.69) is 37.0 Å². The molecule has 0 saturated heterocycles. The predicted octanol–water partition coefficient (Wildman–Crippen LogP) is 4.13. The second-order valence-electron chi connectivity index (χ2n) is 7.88. The molecule has 30 heavy (non-hydrogen) atoms. The second-order valence-corrected chi connectivity index (χ2v) is 10.9. The van der Waals surface area contributed by atoms with Crippen LogP contribution in [0.2, 0.25) is 0 Å². The third-order valence-electron chi connectivity index (χ3n) is 5.20. The number of sulfonamides is 1. The van der Waals surface area contributed by atoms with E-state index in [4.69, 9.17) is 0 Å². The van der Waals surface area contributed by atoms with E-state index in [0.717, 1.165) is 10.2 Å². The molecular formula is C22H27N3O3S2. The van der Waals surface area contributed by atoms with Gasteiger partial charge in [0.2, 0.25) is 10.0 Å². The molecule has 0 unspecified atom stereocenters. The van der Waals surface area contributed by atoms with E-state index in [0.29, 0.717) is 16.3 Å². The van der Waals surface area contributed by atoms with Crippen LogP contribution in [-0.2, 0) is 17.1 Å². The Labute approximate surface area is 181 Å². The van der Waals surface area contributed by atoms with Crippen molar-refractivity contribution in [2.45, 2.75) is 44.6 Å². The molecule has 2 aromatic carbocycles. The molecule has 0 spiro atoms. The molecule has 0 aliphatic heterocycles. The van der Waals surface area contributed by atoms with Crippen LogP contribution in [0.25, 0.3) is 10.2 Å². The van der Waals surface area contributed by atoms with Gasteiger partial charge in [-0.25, -0.2) is 8.42 Å². The molecule has 1 amide bonds. The maximum Gasteiger partial charge on any atom is 0.279 e. The standard InChI is InChI=1S/C22H27N3O3S2/c1-14(2)17-9-12-19-20(13-17)29-22(24(19)5)23-21(26)16-7-10-18(11-8-16)30(27,28)25(6)15(3)4/h7-15H,1-6H3. The van der Waals surface area contributed by atoms with Gasteiger partial charge in [0.1, 0.15) is 0 Å². The molecule has 0 N–H and O–H groups in total. The zero-order chi connectivity index (χ0) is 22.2. The molecule has 0 aliphatic rings. The Morgan fingerprint density at radius 1 is 1.07 bits per heavy atom. The molecule has 0 aliphatic carbocycles. The highest BCUT2D eigenvalue weighted by Gasteiger charge is 2.23. The lowest BCUT2D eigenvalue weighted by atomic mass is 10.0. The molecule has 0 bridgehead atoms. The molecule has 160 valence electrons. The molecule has 6 nitrogen and oxygen atoms in total. The number of amides is 1. The minimum atomic E-state index is -3.59. The first-order valence-electron chi connectivity index (χ1n) is 9.79. The van der Waals surface area contributed by atoms with Crippen LogP contribution >= 0.6 is 11.3 Å². The van der Waals surface area contributed by atoms with E-state index in [1.54, 1.807) is 7.05 Å². The quantitative estimate of drug-likeness (QED) is 0.593. The number of aromatic nitrogens is 1. The van der Waals surface area contributed by atoms with Gasteiger partial charge in [0, 0.05) is 25.7 Å². The number of aryl methyl sites for hydroxylation is 1. The number of hydrogen-bond donors (Lipinski definition) is 0.